The number of hydrogen-bond donors (Lipinski definition) is 2. The fourth-order valence-corrected chi connectivity index (χ4v) is 3.30. The lowest BCUT2D eigenvalue weighted by atomic mass is 9.98. The maximum atomic E-state index is 11.1. The molecule has 7 heteroatoms. The molecule has 2 rings (SSSR count). The van der Waals surface area contributed by atoms with Gasteiger partial charge in [0.05, 0.1) is 25.4 Å². The molecule has 2 N–H and O–H groups in total. The van der Waals surface area contributed by atoms with Crippen molar-refractivity contribution in [3.8, 4) is 0 Å². The molecule has 0 spiro atoms. The van der Waals surface area contributed by atoms with Crippen molar-refractivity contribution >= 4 is 22.9 Å². The lowest BCUT2D eigenvalue weighted by molar-refractivity contribution is -0.142. The van der Waals surface area contributed by atoms with Gasteiger partial charge in [-0.15, -0.1) is 0 Å². The van der Waals surface area contributed by atoms with E-state index in [-0.39, 0.29) is 23.6 Å². The van der Waals surface area contributed by atoms with Gasteiger partial charge in [-0.2, -0.15) is 0 Å². The van der Waals surface area contributed by atoms with Gasteiger partial charge in [-0.05, 0) is 6.42 Å². The topological polar surface area (TPSA) is 80.2 Å². The standard InChI is InChI=1S/C11H18N2O4S/c1-12-11-13-9-7(14)5-6(17-10(9)18-11)3-4-8(15)16-2/h6-7,9-10,14H,3-5H2,1-2H3,(H,12,13). The number of aliphatic imine (C=N–C) groups is 1. The minimum atomic E-state index is -0.474. The summed E-state index contributed by atoms with van der Waals surface area (Å²) in [5.74, 6) is -0.247. The molecule has 2 saturated heterocycles. The normalized spacial score (nSPS) is 37.2. The number of amidine groups is 1. The predicted molar refractivity (Wildman–Crippen MR) is 68.4 cm³/mol. The fourth-order valence-electron chi connectivity index (χ4n) is 2.16. The Hall–Kier alpha value is -0.790. The third-order valence-electron chi connectivity index (χ3n) is 3.16. The number of esters is 1. The summed E-state index contributed by atoms with van der Waals surface area (Å²) in [4.78, 5) is 15.1. The van der Waals surface area contributed by atoms with Crippen LogP contribution in [0.5, 0.6) is 0 Å². The molecule has 18 heavy (non-hydrogen) atoms. The second-order valence-electron chi connectivity index (χ2n) is 4.36. The van der Waals surface area contributed by atoms with Crippen LogP contribution >= 0.6 is 11.8 Å². The van der Waals surface area contributed by atoms with Gasteiger partial charge in [-0.1, -0.05) is 11.8 Å². The van der Waals surface area contributed by atoms with Gasteiger partial charge in [0.15, 0.2) is 5.17 Å². The number of aliphatic hydroxyl groups is 1. The Labute approximate surface area is 110 Å². The molecule has 2 aliphatic heterocycles. The molecule has 4 atom stereocenters. The highest BCUT2D eigenvalue weighted by Crippen LogP contribution is 2.34. The molecule has 0 aromatic carbocycles. The molecule has 2 aliphatic rings. The summed E-state index contributed by atoms with van der Waals surface area (Å²) in [7, 11) is 3.07. The van der Waals surface area contributed by atoms with Crippen LogP contribution in [0.15, 0.2) is 4.99 Å². The molecule has 0 saturated carbocycles. The van der Waals surface area contributed by atoms with Crippen molar-refractivity contribution < 1.29 is 19.4 Å². The number of fused-ring (bicyclic) bond motifs is 1. The highest BCUT2D eigenvalue weighted by atomic mass is 32.2. The van der Waals surface area contributed by atoms with Crippen LogP contribution < -0.4 is 5.32 Å². The highest BCUT2D eigenvalue weighted by Gasteiger charge is 2.43. The van der Waals surface area contributed by atoms with Gasteiger partial charge in [0.1, 0.15) is 5.44 Å². The molecule has 6 nitrogen and oxygen atoms in total. The van der Waals surface area contributed by atoms with Gasteiger partial charge >= 0.3 is 5.97 Å². The van der Waals surface area contributed by atoms with Crippen molar-refractivity contribution in [1.82, 2.24) is 5.32 Å². The van der Waals surface area contributed by atoms with E-state index in [1.54, 1.807) is 7.05 Å². The largest absolute Gasteiger partial charge is 0.469 e. The maximum Gasteiger partial charge on any atom is 0.305 e. The molecular weight excluding hydrogens is 256 g/mol. The van der Waals surface area contributed by atoms with Crippen molar-refractivity contribution in [3.63, 3.8) is 0 Å². The number of thioether (sulfide) groups is 1. The Morgan fingerprint density at radius 2 is 2.50 bits per heavy atom. The Bertz CT molecular complexity index is 350. The molecule has 4 unspecified atom stereocenters. The smallest absolute Gasteiger partial charge is 0.305 e. The van der Waals surface area contributed by atoms with Crippen LogP contribution in [0.4, 0.5) is 0 Å². The second-order valence-corrected chi connectivity index (χ2v) is 5.45. The van der Waals surface area contributed by atoms with Crippen LogP contribution in [0.2, 0.25) is 0 Å². The Balaban J connectivity index is 1.89. The minimum Gasteiger partial charge on any atom is -0.469 e. The lowest BCUT2D eigenvalue weighted by Crippen LogP contribution is -2.50. The summed E-state index contributed by atoms with van der Waals surface area (Å²) in [6, 6.07) is -0.108. The van der Waals surface area contributed by atoms with Gasteiger partial charge in [0.2, 0.25) is 0 Å². The number of methoxy groups -OCH3 is 1. The van der Waals surface area contributed by atoms with E-state index in [0.717, 1.165) is 5.17 Å². The third kappa shape index (κ3) is 2.96. The number of aliphatic hydroxyl groups excluding tert-OH is 1. The third-order valence-corrected chi connectivity index (χ3v) is 4.32. The van der Waals surface area contributed by atoms with Gasteiger partial charge < -0.3 is 19.9 Å². The van der Waals surface area contributed by atoms with E-state index in [1.807, 2.05) is 0 Å². The van der Waals surface area contributed by atoms with E-state index in [1.165, 1.54) is 18.9 Å². The lowest BCUT2D eigenvalue weighted by Gasteiger charge is -2.34. The zero-order valence-electron chi connectivity index (χ0n) is 10.5. The Morgan fingerprint density at radius 3 is 3.17 bits per heavy atom. The molecule has 0 radical (unpaired) electrons. The van der Waals surface area contributed by atoms with E-state index in [2.05, 4.69) is 15.0 Å². The SMILES string of the molecule is CN=C1NC2C(O)CC(CCC(=O)OC)OC2S1. The first-order valence-corrected chi connectivity index (χ1v) is 6.82. The van der Waals surface area contributed by atoms with E-state index in [4.69, 9.17) is 4.74 Å². The van der Waals surface area contributed by atoms with Gasteiger partial charge in [0, 0.05) is 19.9 Å². The van der Waals surface area contributed by atoms with Crippen molar-refractivity contribution in [2.45, 2.75) is 42.9 Å². The minimum absolute atomic E-state index is 0.106. The summed E-state index contributed by atoms with van der Waals surface area (Å²) in [5, 5.41) is 14.0. The van der Waals surface area contributed by atoms with Crippen molar-refractivity contribution in [2.24, 2.45) is 4.99 Å². The number of carbonyl (C=O) groups is 1. The Morgan fingerprint density at radius 1 is 1.72 bits per heavy atom. The zero-order valence-corrected chi connectivity index (χ0v) is 11.3. The number of hydrogen-bond acceptors (Lipinski definition) is 6. The molecule has 0 aromatic rings. The maximum absolute atomic E-state index is 11.1. The molecule has 0 bridgehead atoms. The van der Waals surface area contributed by atoms with Gasteiger partial charge in [0.25, 0.3) is 0 Å². The second kappa shape index (κ2) is 5.90. The molecule has 102 valence electrons. The van der Waals surface area contributed by atoms with E-state index >= 15 is 0 Å². The zero-order chi connectivity index (χ0) is 13.1. The highest BCUT2D eigenvalue weighted by molar-refractivity contribution is 8.14. The summed E-state index contributed by atoms with van der Waals surface area (Å²) in [5.41, 5.74) is -0.130. The van der Waals surface area contributed by atoms with Crippen molar-refractivity contribution in [2.75, 3.05) is 14.2 Å². The van der Waals surface area contributed by atoms with Crippen LogP contribution in [0.25, 0.3) is 0 Å². The summed E-state index contributed by atoms with van der Waals surface area (Å²) in [6.07, 6.45) is 0.844. The summed E-state index contributed by atoms with van der Waals surface area (Å²) >= 11 is 1.48. The number of carbonyl (C=O) groups excluding carboxylic acids is 1. The number of rotatable bonds is 3. The molecule has 2 fully saturated rings. The summed E-state index contributed by atoms with van der Waals surface area (Å²) in [6.45, 7) is 0. The van der Waals surface area contributed by atoms with E-state index in [0.29, 0.717) is 19.3 Å². The average Bonchev–Trinajstić information content (AvgIpc) is 2.79. The van der Waals surface area contributed by atoms with Crippen LogP contribution in [-0.2, 0) is 14.3 Å². The number of ether oxygens (including phenoxy) is 2. The first kappa shape index (κ1) is 13.6. The Kier molecular flexibility index (Phi) is 4.47. The van der Waals surface area contributed by atoms with Crippen LogP contribution in [0.1, 0.15) is 19.3 Å². The first-order chi connectivity index (χ1) is 8.63. The molecular formula is C11H18N2O4S. The average molecular weight is 274 g/mol. The molecule has 2 heterocycles. The van der Waals surface area contributed by atoms with Gasteiger partial charge in [-0.25, -0.2) is 0 Å². The quantitative estimate of drug-likeness (QED) is 0.711. The van der Waals surface area contributed by atoms with Crippen LogP contribution in [0, 0.1) is 0 Å². The van der Waals surface area contributed by atoms with Gasteiger partial charge in [-0.3, -0.25) is 9.79 Å². The number of nitrogens with zero attached hydrogens (tertiary/aromatic N) is 1. The van der Waals surface area contributed by atoms with Crippen LogP contribution in [0.3, 0.4) is 0 Å². The fraction of sp³-hybridized carbons (Fsp3) is 0.818. The van der Waals surface area contributed by atoms with Crippen LogP contribution in [-0.4, -0.2) is 54.1 Å². The van der Waals surface area contributed by atoms with E-state index < -0.39 is 6.10 Å². The van der Waals surface area contributed by atoms with Crippen molar-refractivity contribution in [3.05, 3.63) is 0 Å². The summed E-state index contributed by atoms with van der Waals surface area (Å²) < 4.78 is 10.5. The van der Waals surface area contributed by atoms with Crippen molar-refractivity contribution in [1.29, 1.82) is 0 Å². The molecule has 0 aromatic heterocycles. The first-order valence-electron chi connectivity index (χ1n) is 5.94. The molecule has 0 aliphatic carbocycles. The monoisotopic (exact) mass is 274 g/mol. The van der Waals surface area contributed by atoms with E-state index in [9.17, 15) is 9.90 Å². The predicted octanol–water partition coefficient (Wildman–Crippen LogP) is 0.106. The molecule has 0 amide bonds. The number of nitrogens with one attached hydrogen (secondary N) is 1.